The Labute approximate surface area is 150 Å². The highest BCUT2D eigenvalue weighted by molar-refractivity contribution is 9.10. The molecule has 23 heavy (non-hydrogen) atoms. The van der Waals surface area contributed by atoms with Gasteiger partial charge in [-0.15, -0.1) is 0 Å². The molecule has 0 bridgehead atoms. The zero-order valence-electron chi connectivity index (χ0n) is 13.3. The Balaban J connectivity index is 1.76. The number of amides is 1. The molecule has 126 valence electrons. The standard InChI is InChI=1S/C16H21BrClN3O2/c1-11(2)21-7-5-13(6-8-21)19-20-16(22)10-23-15-4-3-12(18)9-14(15)17/h3-4,9,11H,5-8,10H2,1-2H3,(H,20,22). The van der Waals surface area contributed by atoms with E-state index >= 15 is 0 Å². The summed E-state index contributed by atoms with van der Waals surface area (Å²) >= 11 is 9.20. The van der Waals surface area contributed by atoms with Crippen LogP contribution in [0.4, 0.5) is 0 Å². The summed E-state index contributed by atoms with van der Waals surface area (Å²) in [4.78, 5) is 14.2. The van der Waals surface area contributed by atoms with Crippen LogP contribution in [0.1, 0.15) is 26.7 Å². The highest BCUT2D eigenvalue weighted by atomic mass is 79.9. The maximum atomic E-state index is 11.8. The van der Waals surface area contributed by atoms with Crippen LogP contribution in [0.2, 0.25) is 5.02 Å². The van der Waals surface area contributed by atoms with E-state index in [1.165, 1.54) is 0 Å². The Morgan fingerprint density at radius 2 is 2.13 bits per heavy atom. The van der Waals surface area contributed by atoms with E-state index in [0.717, 1.165) is 31.6 Å². The Hall–Kier alpha value is -1.11. The summed E-state index contributed by atoms with van der Waals surface area (Å²) < 4.78 is 6.16. The number of carbonyl (C=O) groups excluding carboxylic acids is 1. The number of nitrogens with zero attached hydrogens (tertiary/aromatic N) is 2. The van der Waals surface area contributed by atoms with Crippen LogP contribution in [-0.2, 0) is 4.79 Å². The van der Waals surface area contributed by atoms with Gasteiger partial charge in [-0.2, -0.15) is 5.10 Å². The minimum absolute atomic E-state index is 0.0882. The van der Waals surface area contributed by atoms with Crippen LogP contribution in [0, 0.1) is 0 Å². The lowest BCUT2D eigenvalue weighted by Crippen LogP contribution is -2.39. The van der Waals surface area contributed by atoms with Gasteiger partial charge in [-0.05, 0) is 48.0 Å². The predicted molar refractivity (Wildman–Crippen MR) is 96.2 cm³/mol. The zero-order chi connectivity index (χ0) is 16.8. The molecule has 1 N–H and O–H groups in total. The molecule has 0 radical (unpaired) electrons. The fourth-order valence-electron chi connectivity index (χ4n) is 2.32. The Kier molecular flexibility index (Phi) is 6.87. The molecule has 0 saturated carbocycles. The van der Waals surface area contributed by atoms with Crippen molar-refractivity contribution in [1.29, 1.82) is 0 Å². The van der Waals surface area contributed by atoms with E-state index in [1.807, 2.05) is 0 Å². The van der Waals surface area contributed by atoms with Gasteiger partial charge in [-0.1, -0.05) is 11.6 Å². The van der Waals surface area contributed by atoms with Crippen molar-refractivity contribution in [2.75, 3.05) is 19.7 Å². The molecule has 0 unspecified atom stereocenters. The highest BCUT2D eigenvalue weighted by Crippen LogP contribution is 2.27. The van der Waals surface area contributed by atoms with Crippen LogP contribution in [0.15, 0.2) is 27.8 Å². The second-order valence-electron chi connectivity index (χ2n) is 5.71. The molecule has 1 heterocycles. The second-order valence-corrected chi connectivity index (χ2v) is 7.00. The van der Waals surface area contributed by atoms with Crippen LogP contribution in [0.25, 0.3) is 0 Å². The van der Waals surface area contributed by atoms with Crippen molar-refractivity contribution in [2.45, 2.75) is 32.7 Å². The molecular weight excluding hydrogens is 382 g/mol. The van der Waals surface area contributed by atoms with E-state index in [9.17, 15) is 4.79 Å². The van der Waals surface area contributed by atoms with Gasteiger partial charge in [0.1, 0.15) is 5.75 Å². The average Bonchev–Trinajstić information content (AvgIpc) is 2.52. The average molecular weight is 403 g/mol. The first-order chi connectivity index (χ1) is 11.0. The maximum absolute atomic E-state index is 11.8. The van der Waals surface area contributed by atoms with Crippen LogP contribution in [0.5, 0.6) is 5.75 Å². The molecule has 0 aromatic heterocycles. The number of ether oxygens (including phenoxy) is 1. The van der Waals surface area contributed by atoms with E-state index in [4.69, 9.17) is 16.3 Å². The van der Waals surface area contributed by atoms with Crippen LogP contribution in [0.3, 0.4) is 0 Å². The molecule has 0 spiro atoms. The van der Waals surface area contributed by atoms with Gasteiger partial charge in [0.05, 0.1) is 4.47 Å². The third-order valence-electron chi connectivity index (χ3n) is 3.70. The van der Waals surface area contributed by atoms with Gasteiger partial charge in [0.25, 0.3) is 5.91 Å². The third kappa shape index (κ3) is 5.79. The van der Waals surface area contributed by atoms with Crippen LogP contribution in [-0.4, -0.2) is 42.3 Å². The van der Waals surface area contributed by atoms with Crippen molar-refractivity contribution in [3.05, 3.63) is 27.7 Å². The quantitative estimate of drug-likeness (QED) is 0.767. The predicted octanol–water partition coefficient (Wildman–Crippen LogP) is 3.46. The first-order valence-electron chi connectivity index (χ1n) is 7.62. The lowest BCUT2D eigenvalue weighted by Gasteiger charge is -2.30. The van der Waals surface area contributed by atoms with Gasteiger partial charge in [0.15, 0.2) is 6.61 Å². The molecule has 1 aliphatic heterocycles. The Bertz CT molecular complexity index is 583. The molecule has 1 saturated heterocycles. The Morgan fingerprint density at radius 3 is 2.74 bits per heavy atom. The number of rotatable bonds is 5. The molecule has 1 aliphatic rings. The lowest BCUT2D eigenvalue weighted by atomic mass is 10.1. The summed E-state index contributed by atoms with van der Waals surface area (Å²) in [7, 11) is 0. The number of piperidine rings is 1. The van der Waals surface area contributed by atoms with Crippen molar-refractivity contribution in [3.63, 3.8) is 0 Å². The summed E-state index contributed by atoms with van der Waals surface area (Å²) in [6.07, 6.45) is 1.78. The zero-order valence-corrected chi connectivity index (χ0v) is 15.7. The minimum atomic E-state index is -0.273. The Morgan fingerprint density at radius 1 is 1.43 bits per heavy atom. The second kappa shape index (κ2) is 8.66. The van der Waals surface area contributed by atoms with Gasteiger partial charge in [0.2, 0.25) is 0 Å². The molecule has 5 nitrogen and oxygen atoms in total. The molecule has 0 atom stereocenters. The highest BCUT2D eigenvalue weighted by Gasteiger charge is 2.17. The van der Waals surface area contributed by atoms with Gasteiger partial charge in [-0.25, -0.2) is 5.43 Å². The fourth-order valence-corrected chi connectivity index (χ4v) is 3.12. The number of hydrazone groups is 1. The largest absolute Gasteiger partial charge is 0.483 e. The van der Waals surface area contributed by atoms with Gasteiger partial charge < -0.3 is 9.64 Å². The normalized spacial score (nSPS) is 15.6. The molecule has 0 aliphatic carbocycles. The number of likely N-dealkylation sites (tertiary alicyclic amines) is 1. The molecule has 1 amide bonds. The minimum Gasteiger partial charge on any atom is -0.483 e. The van der Waals surface area contributed by atoms with Gasteiger partial charge >= 0.3 is 0 Å². The molecule has 1 fully saturated rings. The molecule has 1 aromatic carbocycles. The van der Waals surface area contributed by atoms with E-state index in [0.29, 0.717) is 21.3 Å². The summed E-state index contributed by atoms with van der Waals surface area (Å²) in [5.41, 5.74) is 3.59. The summed E-state index contributed by atoms with van der Waals surface area (Å²) in [5.74, 6) is 0.299. The SMILES string of the molecule is CC(C)N1CCC(=NNC(=O)COc2ccc(Cl)cc2Br)CC1. The van der Waals surface area contributed by atoms with Crippen molar-refractivity contribution >= 4 is 39.1 Å². The first-order valence-corrected chi connectivity index (χ1v) is 8.79. The van der Waals surface area contributed by atoms with Crippen molar-refractivity contribution in [3.8, 4) is 5.75 Å². The van der Waals surface area contributed by atoms with Crippen molar-refractivity contribution in [2.24, 2.45) is 5.10 Å². The number of hydrogen-bond donors (Lipinski definition) is 1. The molecular formula is C16H21BrClN3O2. The molecule has 7 heteroatoms. The maximum Gasteiger partial charge on any atom is 0.277 e. The summed E-state index contributed by atoms with van der Waals surface area (Å²) in [6.45, 7) is 6.27. The molecule has 2 rings (SSSR count). The summed E-state index contributed by atoms with van der Waals surface area (Å²) in [6, 6.07) is 5.70. The summed E-state index contributed by atoms with van der Waals surface area (Å²) in [5, 5.41) is 4.81. The van der Waals surface area contributed by atoms with Crippen LogP contribution >= 0.6 is 27.5 Å². The van der Waals surface area contributed by atoms with E-state index in [1.54, 1.807) is 18.2 Å². The molecule has 1 aromatic rings. The van der Waals surface area contributed by atoms with E-state index in [2.05, 4.69) is 45.2 Å². The number of carbonyl (C=O) groups is 1. The number of benzene rings is 1. The van der Waals surface area contributed by atoms with Gasteiger partial charge in [-0.3, -0.25) is 4.79 Å². The first kappa shape index (κ1) is 18.2. The monoisotopic (exact) mass is 401 g/mol. The lowest BCUT2D eigenvalue weighted by molar-refractivity contribution is -0.123. The number of halogens is 2. The fraction of sp³-hybridized carbons (Fsp3) is 0.500. The third-order valence-corrected chi connectivity index (χ3v) is 4.55. The van der Waals surface area contributed by atoms with Crippen LogP contribution < -0.4 is 10.2 Å². The van der Waals surface area contributed by atoms with Gasteiger partial charge in [0, 0.05) is 42.7 Å². The number of nitrogens with one attached hydrogen (secondary N) is 1. The van der Waals surface area contributed by atoms with E-state index in [-0.39, 0.29) is 12.5 Å². The number of hydrogen-bond acceptors (Lipinski definition) is 4. The van der Waals surface area contributed by atoms with Crippen molar-refractivity contribution in [1.82, 2.24) is 10.3 Å². The van der Waals surface area contributed by atoms with Crippen molar-refractivity contribution < 1.29 is 9.53 Å². The van der Waals surface area contributed by atoms with E-state index < -0.39 is 0 Å². The smallest absolute Gasteiger partial charge is 0.277 e. The topological polar surface area (TPSA) is 53.9 Å².